The van der Waals surface area contributed by atoms with Gasteiger partial charge in [0.1, 0.15) is 0 Å². The Kier molecular flexibility index (Phi) is 4.42. The molecule has 3 heterocycles. The Labute approximate surface area is 136 Å². The van der Waals surface area contributed by atoms with Gasteiger partial charge in [0, 0.05) is 48.4 Å². The highest BCUT2D eigenvalue weighted by atomic mass is 32.1. The van der Waals surface area contributed by atoms with Gasteiger partial charge in [-0.15, -0.1) is 11.3 Å². The van der Waals surface area contributed by atoms with E-state index in [-0.39, 0.29) is 17.2 Å². The average molecular weight is 338 g/mol. The summed E-state index contributed by atoms with van der Waals surface area (Å²) in [5.41, 5.74) is 2.00. The first kappa shape index (κ1) is 15.4. The number of nitrogens with zero attached hydrogens (tertiary/aromatic N) is 3. The minimum atomic E-state index is -0.100. The number of nitrogens with one attached hydrogen (secondary N) is 1. The number of aryl methyl sites for hydroxylation is 1. The quantitative estimate of drug-likeness (QED) is 0.921. The van der Waals surface area contributed by atoms with Crippen LogP contribution in [0, 0.1) is 6.92 Å². The molecule has 22 heavy (non-hydrogen) atoms. The molecule has 0 saturated carbocycles. The van der Waals surface area contributed by atoms with Crippen molar-refractivity contribution in [3.8, 4) is 0 Å². The summed E-state index contributed by atoms with van der Waals surface area (Å²) in [6.45, 7) is 4.19. The fraction of sp³-hybridized carbons (Fsp3) is 0.500. The lowest BCUT2D eigenvalue weighted by Crippen LogP contribution is -2.25. The highest BCUT2D eigenvalue weighted by Crippen LogP contribution is 2.27. The monoisotopic (exact) mass is 338 g/mol. The third kappa shape index (κ3) is 3.29. The molecule has 0 atom stereocenters. The van der Waals surface area contributed by atoms with Crippen LogP contribution in [0.2, 0.25) is 0 Å². The Morgan fingerprint density at radius 3 is 3.05 bits per heavy atom. The van der Waals surface area contributed by atoms with Crippen molar-refractivity contribution in [3.63, 3.8) is 0 Å². The summed E-state index contributed by atoms with van der Waals surface area (Å²) in [4.78, 5) is 31.6. The van der Waals surface area contributed by atoms with Gasteiger partial charge in [-0.3, -0.25) is 9.59 Å². The van der Waals surface area contributed by atoms with Crippen molar-refractivity contribution in [2.24, 2.45) is 0 Å². The molecule has 2 aromatic heterocycles. The van der Waals surface area contributed by atoms with E-state index in [1.54, 1.807) is 15.9 Å². The van der Waals surface area contributed by atoms with Gasteiger partial charge in [-0.2, -0.15) is 0 Å². The summed E-state index contributed by atoms with van der Waals surface area (Å²) in [6, 6.07) is 0. The molecular formula is C14H18N4O2S2. The van der Waals surface area contributed by atoms with Crippen LogP contribution in [0.5, 0.6) is 0 Å². The molecule has 8 heteroatoms. The van der Waals surface area contributed by atoms with Crippen LogP contribution in [0.25, 0.3) is 0 Å². The first-order valence-electron chi connectivity index (χ1n) is 7.15. The van der Waals surface area contributed by atoms with E-state index in [0.717, 1.165) is 30.9 Å². The second kappa shape index (κ2) is 6.31. The SMILES string of the molecule is Cc1csc(=O)n1CCC(=O)Nc1nc2c(s1)CN(C)CC2. The second-order valence-corrected chi connectivity index (χ2v) is 7.37. The number of hydrogen-bond donors (Lipinski definition) is 1. The van der Waals surface area contributed by atoms with Crippen LogP contribution in [0.3, 0.4) is 0 Å². The van der Waals surface area contributed by atoms with Gasteiger partial charge < -0.3 is 14.8 Å². The van der Waals surface area contributed by atoms with Crippen LogP contribution in [0.4, 0.5) is 5.13 Å². The lowest BCUT2D eigenvalue weighted by Gasteiger charge is -2.20. The van der Waals surface area contributed by atoms with Crippen LogP contribution in [0.15, 0.2) is 10.2 Å². The molecule has 0 bridgehead atoms. The van der Waals surface area contributed by atoms with Gasteiger partial charge in [-0.25, -0.2) is 4.98 Å². The molecule has 118 valence electrons. The molecule has 0 spiro atoms. The zero-order valence-corrected chi connectivity index (χ0v) is 14.2. The molecule has 0 fully saturated rings. The van der Waals surface area contributed by atoms with Crippen LogP contribution < -0.4 is 10.2 Å². The van der Waals surface area contributed by atoms with Crippen LogP contribution in [0.1, 0.15) is 22.7 Å². The number of rotatable bonds is 4. The molecule has 3 rings (SSSR count). The molecule has 1 aliphatic heterocycles. The summed E-state index contributed by atoms with van der Waals surface area (Å²) in [7, 11) is 2.09. The zero-order valence-electron chi connectivity index (χ0n) is 12.6. The third-order valence-corrected chi connectivity index (χ3v) is 5.59. The van der Waals surface area contributed by atoms with Gasteiger partial charge in [-0.1, -0.05) is 11.3 Å². The first-order chi connectivity index (χ1) is 10.5. The van der Waals surface area contributed by atoms with Crippen molar-refractivity contribution >= 4 is 33.7 Å². The van der Waals surface area contributed by atoms with Crippen molar-refractivity contribution in [1.82, 2.24) is 14.5 Å². The normalized spacial score (nSPS) is 14.8. The summed E-state index contributed by atoms with van der Waals surface area (Å²) in [6.07, 6.45) is 1.21. The first-order valence-corrected chi connectivity index (χ1v) is 8.84. The number of anilines is 1. The van der Waals surface area contributed by atoms with E-state index in [2.05, 4.69) is 22.2 Å². The maximum atomic E-state index is 12.0. The molecule has 0 aliphatic carbocycles. The number of thiazole rings is 2. The largest absolute Gasteiger partial charge is 0.307 e. The summed E-state index contributed by atoms with van der Waals surface area (Å²) < 4.78 is 1.63. The molecule has 1 aliphatic rings. The molecule has 2 aromatic rings. The molecular weight excluding hydrogens is 320 g/mol. The number of likely N-dealkylation sites (N-methyl/N-ethyl adjacent to an activating group) is 1. The highest BCUT2D eigenvalue weighted by molar-refractivity contribution is 7.15. The van der Waals surface area contributed by atoms with Gasteiger partial charge in [0.15, 0.2) is 5.13 Å². The van der Waals surface area contributed by atoms with E-state index in [1.807, 2.05) is 12.3 Å². The number of aromatic nitrogens is 2. The number of carbonyl (C=O) groups is 1. The highest BCUT2D eigenvalue weighted by Gasteiger charge is 2.19. The van der Waals surface area contributed by atoms with Gasteiger partial charge in [0.25, 0.3) is 0 Å². The Hall–Kier alpha value is -1.51. The van der Waals surface area contributed by atoms with E-state index in [9.17, 15) is 9.59 Å². The van der Waals surface area contributed by atoms with Crippen LogP contribution in [-0.2, 0) is 24.3 Å². The topological polar surface area (TPSA) is 67.2 Å². The summed E-state index contributed by atoms with van der Waals surface area (Å²) >= 11 is 2.71. The second-order valence-electron chi connectivity index (χ2n) is 5.47. The predicted octanol–water partition coefficient (Wildman–Crippen LogP) is 1.69. The van der Waals surface area contributed by atoms with Gasteiger partial charge >= 0.3 is 4.87 Å². The van der Waals surface area contributed by atoms with E-state index >= 15 is 0 Å². The molecule has 0 radical (unpaired) electrons. The number of amides is 1. The Balaban J connectivity index is 1.59. The van der Waals surface area contributed by atoms with Gasteiger partial charge in [0.05, 0.1) is 5.69 Å². The van der Waals surface area contributed by atoms with Crippen molar-refractivity contribution in [2.75, 3.05) is 18.9 Å². The van der Waals surface area contributed by atoms with Crippen LogP contribution in [-0.4, -0.2) is 34.0 Å². The van der Waals surface area contributed by atoms with Crippen molar-refractivity contribution in [1.29, 1.82) is 0 Å². The standard InChI is InChI=1S/C14H18N4O2S2/c1-9-8-21-14(20)18(9)6-4-12(19)16-13-15-10-3-5-17(2)7-11(10)22-13/h8H,3-7H2,1-2H3,(H,15,16,19). The summed E-state index contributed by atoms with van der Waals surface area (Å²) in [5.74, 6) is -0.100. The molecule has 6 nitrogen and oxygen atoms in total. The fourth-order valence-electron chi connectivity index (χ4n) is 2.45. The molecule has 1 N–H and O–H groups in total. The average Bonchev–Trinajstić information content (AvgIpc) is 3.00. The molecule has 1 amide bonds. The minimum Gasteiger partial charge on any atom is -0.303 e. The fourth-order valence-corrected chi connectivity index (χ4v) is 4.31. The molecule has 0 unspecified atom stereocenters. The number of hydrogen-bond acceptors (Lipinski definition) is 6. The van der Waals surface area contributed by atoms with Crippen molar-refractivity contribution < 1.29 is 4.79 Å². The van der Waals surface area contributed by atoms with Crippen molar-refractivity contribution in [2.45, 2.75) is 32.9 Å². The Morgan fingerprint density at radius 2 is 2.32 bits per heavy atom. The lowest BCUT2D eigenvalue weighted by molar-refractivity contribution is -0.116. The Bertz CT molecular complexity index is 746. The van der Waals surface area contributed by atoms with Crippen LogP contribution >= 0.6 is 22.7 Å². The van der Waals surface area contributed by atoms with E-state index in [4.69, 9.17) is 0 Å². The zero-order chi connectivity index (χ0) is 15.7. The van der Waals surface area contributed by atoms with E-state index in [0.29, 0.717) is 11.7 Å². The van der Waals surface area contributed by atoms with E-state index in [1.165, 1.54) is 16.2 Å². The minimum absolute atomic E-state index is 0.0157. The number of carbonyl (C=O) groups excluding carboxylic acids is 1. The maximum Gasteiger partial charge on any atom is 0.307 e. The smallest absolute Gasteiger partial charge is 0.303 e. The maximum absolute atomic E-state index is 12.0. The summed E-state index contributed by atoms with van der Waals surface area (Å²) in [5, 5.41) is 5.33. The van der Waals surface area contributed by atoms with Gasteiger partial charge in [-0.05, 0) is 14.0 Å². The molecule has 0 saturated heterocycles. The van der Waals surface area contributed by atoms with E-state index < -0.39 is 0 Å². The lowest BCUT2D eigenvalue weighted by atomic mass is 10.2. The third-order valence-electron chi connectivity index (χ3n) is 3.71. The van der Waals surface area contributed by atoms with Gasteiger partial charge in [0.2, 0.25) is 5.91 Å². The predicted molar refractivity (Wildman–Crippen MR) is 88.7 cm³/mol. The number of fused-ring (bicyclic) bond motifs is 1. The molecule has 0 aromatic carbocycles. The Morgan fingerprint density at radius 1 is 1.50 bits per heavy atom. The van der Waals surface area contributed by atoms with Crippen molar-refractivity contribution in [3.05, 3.63) is 31.3 Å².